The standard InChI is InChI=1S/C43H71N9O10S/c1-21(2)17-29(44)38(56)46-26(10)36(54)50-32(20-63)41(59)48-31(19-28-15-13-12-14-16-28)40(58)51-33(23(5)6)42(60)49-30(18-22(3)4)39(57)47-25(9)35(53)45-27(11)37(55)52-34(24(7)8)43(61)62/h12-16,21-27,29-34,63H,17-20,44H2,1-11H3,(H,45,53)(H,46,56)(H,47,57)(H,48,59)(H,49,60)(H,50,54)(H,51,58)(H,52,55)(H,61,62)/t25-,26-,27-,29-,30-,31-,32-,33-,34-/m0/s1. The Kier molecular flexibility index (Phi) is 24.0. The third-order valence-electron chi connectivity index (χ3n) is 9.87. The second kappa shape index (κ2) is 27.1. The van der Waals surface area contributed by atoms with Crippen molar-refractivity contribution in [2.45, 2.75) is 150 Å². The van der Waals surface area contributed by atoms with Crippen molar-refractivity contribution in [2.24, 2.45) is 29.4 Å². The first-order valence-corrected chi connectivity index (χ1v) is 22.0. The molecule has 0 bridgehead atoms. The molecular formula is C43H71N9O10S. The maximum absolute atomic E-state index is 14.0. The molecule has 0 saturated heterocycles. The van der Waals surface area contributed by atoms with Crippen LogP contribution in [0.1, 0.15) is 94.6 Å². The van der Waals surface area contributed by atoms with Crippen LogP contribution in [-0.2, 0) is 49.6 Å². The van der Waals surface area contributed by atoms with Gasteiger partial charge in [-0.2, -0.15) is 12.6 Å². The molecule has 9 atom stereocenters. The van der Waals surface area contributed by atoms with Crippen LogP contribution in [0.3, 0.4) is 0 Å². The van der Waals surface area contributed by atoms with E-state index in [0.717, 1.165) is 0 Å². The number of rotatable bonds is 26. The second-order valence-electron chi connectivity index (χ2n) is 17.4. The first kappa shape index (κ1) is 55.8. The minimum Gasteiger partial charge on any atom is -0.480 e. The van der Waals surface area contributed by atoms with E-state index in [2.05, 4.69) is 55.2 Å². The molecule has 19 nitrogen and oxygen atoms in total. The van der Waals surface area contributed by atoms with E-state index in [-0.39, 0.29) is 30.4 Å². The van der Waals surface area contributed by atoms with Gasteiger partial charge in [0.25, 0.3) is 0 Å². The second-order valence-corrected chi connectivity index (χ2v) is 17.8. The number of nitrogens with two attached hydrogens (primary N) is 1. The van der Waals surface area contributed by atoms with Gasteiger partial charge in [-0.15, -0.1) is 0 Å². The molecule has 8 amide bonds. The fourth-order valence-corrected chi connectivity index (χ4v) is 6.41. The molecule has 0 aromatic heterocycles. The number of hydrogen-bond acceptors (Lipinski definition) is 11. The van der Waals surface area contributed by atoms with E-state index < -0.39 is 119 Å². The molecule has 11 N–H and O–H groups in total. The third kappa shape index (κ3) is 19.8. The van der Waals surface area contributed by atoms with Crippen molar-refractivity contribution in [1.29, 1.82) is 0 Å². The number of aliphatic carboxylic acids is 1. The number of carbonyl (C=O) groups is 9. The van der Waals surface area contributed by atoms with Crippen LogP contribution in [0, 0.1) is 23.7 Å². The van der Waals surface area contributed by atoms with Crippen LogP contribution in [0.2, 0.25) is 0 Å². The lowest BCUT2D eigenvalue weighted by Gasteiger charge is -2.29. The minimum absolute atomic E-state index is 0.00520. The summed E-state index contributed by atoms with van der Waals surface area (Å²) in [5.41, 5.74) is 6.62. The number of carboxylic acid groups (broad SMARTS) is 1. The zero-order valence-corrected chi connectivity index (χ0v) is 39.3. The van der Waals surface area contributed by atoms with E-state index >= 15 is 0 Å². The molecule has 63 heavy (non-hydrogen) atoms. The number of nitrogens with one attached hydrogen (secondary N) is 8. The number of carboxylic acids is 1. The topological polar surface area (TPSA) is 296 Å². The SMILES string of the molecule is CC(C)C[C@H](NC(=O)[C@@H](NC(=O)[C@H](Cc1ccccc1)NC(=O)[C@H](CS)NC(=O)[C@H](C)NC(=O)[C@@H](N)CC(C)C)C(C)C)C(=O)N[C@@H](C)C(=O)N[C@@H](C)C(=O)N[C@H](C(=O)O)C(C)C. The smallest absolute Gasteiger partial charge is 0.326 e. The Morgan fingerprint density at radius 1 is 0.492 bits per heavy atom. The van der Waals surface area contributed by atoms with Gasteiger partial charge in [-0.25, -0.2) is 4.79 Å². The van der Waals surface area contributed by atoms with E-state index in [0.29, 0.717) is 12.0 Å². The first-order valence-electron chi connectivity index (χ1n) is 21.3. The molecule has 20 heteroatoms. The Labute approximate surface area is 376 Å². The van der Waals surface area contributed by atoms with Gasteiger partial charge in [-0.05, 0) is 62.8 Å². The highest BCUT2D eigenvalue weighted by Crippen LogP contribution is 2.11. The first-order chi connectivity index (χ1) is 29.3. The highest BCUT2D eigenvalue weighted by atomic mass is 32.1. The lowest BCUT2D eigenvalue weighted by atomic mass is 9.98. The Morgan fingerprint density at radius 2 is 0.889 bits per heavy atom. The van der Waals surface area contributed by atoms with Crippen molar-refractivity contribution < 1.29 is 48.3 Å². The van der Waals surface area contributed by atoms with E-state index in [1.807, 2.05) is 27.7 Å². The van der Waals surface area contributed by atoms with Gasteiger partial charge in [0, 0.05) is 12.2 Å². The summed E-state index contributed by atoms with van der Waals surface area (Å²) in [6, 6.07) is -1.44. The molecule has 0 saturated carbocycles. The normalized spacial score (nSPS) is 15.6. The maximum Gasteiger partial charge on any atom is 0.326 e. The zero-order chi connectivity index (χ0) is 48.3. The van der Waals surface area contributed by atoms with Crippen molar-refractivity contribution >= 4 is 65.9 Å². The van der Waals surface area contributed by atoms with Crippen molar-refractivity contribution in [3.63, 3.8) is 0 Å². The van der Waals surface area contributed by atoms with Gasteiger partial charge < -0.3 is 53.4 Å². The molecule has 0 heterocycles. The Bertz CT molecular complexity index is 1730. The quantitative estimate of drug-likeness (QED) is 0.0547. The Morgan fingerprint density at radius 3 is 1.37 bits per heavy atom. The number of thiol groups is 1. The molecule has 1 aromatic rings. The maximum atomic E-state index is 14.0. The molecule has 0 spiro atoms. The van der Waals surface area contributed by atoms with Crippen molar-refractivity contribution in [2.75, 3.05) is 5.75 Å². The zero-order valence-electron chi connectivity index (χ0n) is 38.4. The summed E-state index contributed by atoms with van der Waals surface area (Å²) in [5.74, 6) is -7.89. The predicted molar refractivity (Wildman–Crippen MR) is 241 cm³/mol. The van der Waals surface area contributed by atoms with Gasteiger partial charge in [0.1, 0.15) is 48.3 Å². The molecule has 0 aliphatic carbocycles. The highest BCUT2D eigenvalue weighted by molar-refractivity contribution is 7.80. The number of amides is 8. The van der Waals surface area contributed by atoms with Gasteiger partial charge in [0.15, 0.2) is 0 Å². The molecular weight excluding hydrogens is 835 g/mol. The summed E-state index contributed by atoms with van der Waals surface area (Å²) in [6.45, 7) is 18.3. The Balaban J connectivity index is 3.19. The summed E-state index contributed by atoms with van der Waals surface area (Å²) in [6.07, 6.45) is 0.544. The van der Waals surface area contributed by atoms with Crippen molar-refractivity contribution in [3.05, 3.63) is 35.9 Å². The fourth-order valence-electron chi connectivity index (χ4n) is 6.15. The number of benzene rings is 1. The lowest BCUT2D eigenvalue weighted by molar-refractivity contribution is -0.143. The average Bonchev–Trinajstić information content (AvgIpc) is 3.19. The highest BCUT2D eigenvalue weighted by Gasteiger charge is 2.35. The summed E-state index contributed by atoms with van der Waals surface area (Å²) < 4.78 is 0. The van der Waals surface area contributed by atoms with Crippen LogP contribution in [0.25, 0.3) is 0 Å². The van der Waals surface area contributed by atoms with E-state index in [1.54, 1.807) is 58.0 Å². The van der Waals surface area contributed by atoms with Crippen LogP contribution in [0.5, 0.6) is 0 Å². The minimum atomic E-state index is -1.25. The van der Waals surface area contributed by atoms with Gasteiger partial charge in [-0.1, -0.05) is 85.7 Å². The Hall–Kier alpha value is -5.24. The van der Waals surface area contributed by atoms with Crippen LogP contribution < -0.4 is 48.3 Å². The lowest BCUT2D eigenvalue weighted by Crippen LogP contribution is -2.61. The molecule has 0 aliphatic rings. The molecule has 0 radical (unpaired) electrons. The summed E-state index contributed by atoms with van der Waals surface area (Å²) >= 11 is 4.24. The monoisotopic (exact) mass is 906 g/mol. The summed E-state index contributed by atoms with van der Waals surface area (Å²) in [4.78, 5) is 118. The van der Waals surface area contributed by atoms with E-state index in [4.69, 9.17) is 5.73 Å². The largest absolute Gasteiger partial charge is 0.480 e. The average molecular weight is 906 g/mol. The van der Waals surface area contributed by atoms with Crippen LogP contribution >= 0.6 is 12.6 Å². The molecule has 0 aliphatic heterocycles. The van der Waals surface area contributed by atoms with Crippen molar-refractivity contribution in [1.82, 2.24) is 42.5 Å². The van der Waals surface area contributed by atoms with Crippen LogP contribution in [0.15, 0.2) is 30.3 Å². The summed E-state index contributed by atoms with van der Waals surface area (Å²) in [5, 5.41) is 30.0. The molecule has 1 aromatic carbocycles. The third-order valence-corrected chi connectivity index (χ3v) is 10.2. The molecule has 0 fully saturated rings. The van der Waals surface area contributed by atoms with Crippen LogP contribution in [0.4, 0.5) is 0 Å². The molecule has 0 unspecified atom stereocenters. The van der Waals surface area contributed by atoms with E-state index in [9.17, 15) is 48.3 Å². The molecule has 354 valence electrons. The van der Waals surface area contributed by atoms with Gasteiger partial charge >= 0.3 is 5.97 Å². The predicted octanol–water partition coefficient (Wildman–Crippen LogP) is -0.0869. The van der Waals surface area contributed by atoms with Gasteiger partial charge in [-0.3, -0.25) is 38.4 Å². The number of carbonyl (C=O) groups excluding carboxylic acids is 8. The van der Waals surface area contributed by atoms with Gasteiger partial charge in [0.2, 0.25) is 47.3 Å². The summed E-state index contributed by atoms with van der Waals surface area (Å²) in [7, 11) is 0. The number of hydrogen-bond donors (Lipinski definition) is 11. The fraction of sp³-hybridized carbons (Fsp3) is 0.651. The van der Waals surface area contributed by atoms with Gasteiger partial charge in [0.05, 0.1) is 6.04 Å². The van der Waals surface area contributed by atoms with Crippen LogP contribution in [-0.4, -0.2) is 118 Å². The van der Waals surface area contributed by atoms with Crippen molar-refractivity contribution in [3.8, 4) is 0 Å². The van der Waals surface area contributed by atoms with E-state index in [1.165, 1.54) is 20.8 Å². The molecule has 1 rings (SSSR count).